The average molecular weight is 421 g/mol. The van der Waals surface area contributed by atoms with E-state index in [0.717, 1.165) is 29.0 Å². The van der Waals surface area contributed by atoms with Crippen LogP contribution in [0.15, 0.2) is 71.4 Å². The molecule has 0 aliphatic heterocycles. The van der Waals surface area contributed by atoms with Crippen molar-refractivity contribution < 1.29 is 9.32 Å². The molecule has 2 aromatic heterocycles. The number of amides is 1. The highest BCUT2D eigenvalue weighted by Crippen LogP contribution is 2.24. The first-order valence-electron chi connectivity index (χ1n) is 9.67. The second-order valence-corrected chi connectivity index (χ2v) is 7.48. The second kappa shape index (κ2) is 8.97. The molecule has 4 rings (SSSR count). The molecule has 7 heteroatoms. The monoisotopic (exact) mass is 420 g/mol. The van der Waals surface area contributed by atoms with E-state index in [1.165, 1.54) is 0 Å². The molecule has 0 spiro atoms. The molecule has 2 aromatic carbocycles. The van der Waals surface area contributed by atoms with Gasteiger partial charge < -0.3 is 9.42 Å². The second-order valence-electron chi connectivity index (χ2n) is 7.04. The number of carbonyl (C=O) groups excluding carboxylic acids is 1. The van der Waals surface area contributed by atoms with Crippen molar-refractivity contribution in [3.63, 3.8) is 0 Å². The molecule has 4 aromatic rings. The highest BCUT2D eigenvalue weighted by Gasteiger charge is 2.19. The molecule has 0 saturated carbocycles. The van der Waals surface area contributed by atoms with E-state index in [9.17, 15) is 4.79 Å². The Labute approximate surface area is 179 Å². The van der Waals surface area contributed by atoms with Crippen LogP contribution in [0.4, 0.5) is 0 Å². The van der Waals surface area contributed by atoms with E-state index in [1.807, 2.05) is 48.5 Å². The van der Waals surface area contributed by atoms with Crippen LogP contribution >= 0.6 is 11.6 Å². The number of halogens is 1. The number of benzene rings is 2. The van der Waals surface area contributed by atoms with E-state index in [1.54, 1.807) is 30.3 Å². The summed E-state index contributed by atoms with van der Waals surface area (Å²) in [5.41, 5.74) is 3.93. The minimum absolute atomic E-state index is 0.0868. The summed E-state index contributed by atoms with van der Waals surface area (Å²) in [6.07, 6.45) is 3.03. The number of aryl methyl sites for hydroxylation is 1. The van der Waals surface area contributed by atoms with Crippen molar-refractivity contribution in [1.29, 1.82) is 0 Å². The summed E-state index contributed by atoms with van der Waals surface area (Å²) in [4.78, 5) is 14.6. The third-order valence-electron chi connectivity index (χ3n) is 4.89. The first kappa shape index (κ1) is 19.9. The predicted molar refractivity (Wildman–Crippen MR) is 116 cm³/mol. The first-order valence-corrected chi connectivity index (χ1v) is 10.1. The van der Waals surface area contributed by atoms with Crippen molar-refractivity contribution in [3.05, 3.63) is 83.2 Å². The van der Waals surface area contributed by atoms with Crippen LogP contribution < -0.4 is 0 Å². The van der Waals surface area contributed by atoms with Crippen LogP contribution in [0.5, 0.6) is 0 Å². The van der Waals surface area contributed by atoms with Crippen LogP contribution in [-0.4, -0.2) is 39.8 Å². The largest absolute Gasteiger partial charge is 0.361 e. The van der Waals surface area contributed by atoms with Crippen molar-refractivity contribution in [3.8, 4) is 22.5 Å². The minimum atomic E-state index is -0.0868. The van der Waals surface area contributed by atoms with Crippen molar-refractivity contribution in [2.75, 3.05) is 13.6 Å². The maximum Gasteiger partial charge on any atom is 0.257 e. The summed E-state index contributed by atoms with van der Waals surface area (Å²) in [5, 5.41) is 11.7. The molecule has 152 valence electrons. The fourth-order valence-corrected chi connectivity index (χ4v) is 3.38. The quantitative estimate of drug-likeness (QED) is 0.452. The topological polar surface area (TPSA) is 75.0 Å². The Hall–Kier alpha value is -3.38. The lowest BCUT2D eigenvalue weighted by atomic mass is 10.1. The zero-order chi connectivity index (χ0) is 20.9. The van der Waals surface area contributed by atoms with Gasteiger partial charge >= 0.3 is 0 Å². The van der Waals surface area contributed by atoms with Crippen molar-refractivity contribution in [2.45, 2.75) is 12.8 Å². The molecular formula is C23H21ClN4O2. The van der Waals surface area contributed by atoms with Gasteiger partial charge in [-0.1, -0.05) is 59.2 Å². The maximum absolute atomic E-state index is 12.9. The molecule has 0 saturated heterocycles. The van der Waals surface area contributed by atoms with Gasteiger partial charge in [-0.05, 0) is 18.6 Å². The molecule has 0 aliphatic rings. The van der Waals surface area contributed by atoms with Gasteiger partial charge in [-0.2, -0.15) is 5.10 Å². The Morgan fingerprint density at radius 1 is 1.10 bits per heavy atom. The standard InChI is InChI=1S/C23H21ClN4O2/c1-28(13-5-8-19-14-21(27-30-19)16-6-3-2-4-7-16)23(29)20-15-25-26-22(20)17-9-11-18(24)12-10-17/h2-4,6-7,9-12,14-15H,5,8,13H2,1H3,(H,25,26). The van der Waals surface area contributed by atoms with Crippen LogP contribution in [0.25, 0.3) is 22.5 Å². The molecule has 30 heavy (non-hydrogen) atoms. The Morgan fingerprint density at radius 3 is 2.63 bits per heavy atom. The Morgan fingerprint density at radius 2 is 1.87 bits per heavy atom. The van der Waals surface area contributed by atoms with Gasteiger partial charge in [0.15, 0.2) is 0 Å². The van der Waals surface area contributed by atoms with Gasteiger partial charge in [0.1, 0.15) is 11.5 Å². The van der Waals surface area contributed by atoms with Gasteiger partial charge in [0, 0.05) is 42.2 Å². The highest BCUT2D eigenvalue weighted by atomic mass is 35.5. The summed E-state index contributed by atoms with van der Waals surface area (Å²) in [6, 6.07) is 19.2. The van der Waals surface area contributed by atoms with Gasteiger partial charge in [0.2, 0.25) is 0 Å². The van der Waals surface area contributed by atoms with Crippen LogP contribution in [0, 0.1) is 0 Å². The van der Waals surface area contributed by atoms with Gasteiger partial charge in [0.05, 0.1) is 17.5 Å². The fourth-order valence-electron chi connectivity index (χ4n) is 3.26. The van der Waals surface area contributed by atoms with E-state index >= 15 is 0 Å². The maximum atomic E-state index is 12.9. The number of aromatic amines is 1. The molecule has 1 N–H and O–H groups in total. The third kappa shape index (κ3) is 4.44. The summed E-state index contributed by atoms with van der Waals surface area (Å²) in [7, 11) is 1.79. The summed E-state index contributed by atoms with van der Waals surface area (Å²) >= 11 is 5.96. The van der Waals surface area contributed by atoms with E-state index in [-0.39, 0.29) is 5.91 Å². The van der Waals surface area contributed by atoms with Crippen LogP contribution in [0.1, 0.15) is 22.5 Å². The minimum Gasteiger partial charge on any atom is -0.361 e. The summed E-state index contributed by atoms with van der Waals surface area (Å²) < 4.78 is 5.44. The van der Waals surface area contributed by atoms with Gasteiger partial charge in [0.25, 0.3) is 5.91 Å². The molecule has 6 nitrogen and oxygen atoms in total. The zero-order valence-corrected chi connectivity index (χ0v) is 17.3. The number of hydrogen-bond donors (Lipinski definition) is 1. The smallest absolute Gasteiger partial charge is 0.257 e. The third-order valence-corrected chi connectivity index (χ3v) is 5.15. The SMILES string of the molecule is CN(CCCc1cc(-c2ccccc2)no1)C(=O)c1cn[nH]c1-c1ccc(Cl)cc1. The molecule has 2 heterocycles. The Bertz CT molecular complexity index is 1120. The summed E-state index contributed by atoms with van der Waals surface area (Å²) in [6.45, 7) is 0.589. The molecule has 1 amide bonds. The highest BCUT2D eigenvalue weighted by molar-refractivity contribution is 6.30. The van der Waals surface area contributed by atoms with E-state index < -0.39 is 0 Å². The Kier molecular flexibility index (Phi) is 5.95. The molecule has 0 fully saturated rings. The van der Waals surface area contributed by atoms with Crippen LogP contribution in [0.3, 0.4) is 0 Å². The van der Waals surface area contributed by atoms with E-state index in [0.29, 0.717) is 29.2 Å². The zero-order valence-electron chi connectivity index (χ0n) is 16.5. The fraction of sp³-hybridized carbons (Fsp3) is 0.174. The van der Waals surface area contributed by atoms with Crippen LogP contribution in [0.2, 0.25) is 5.02 Å². The molecule has 0 unspecified atom stereocenters. The lowest BCUT2D eigenvalue weighted by molar-refractivity contribution is 0.0793. The number of nitrogens with one attached hydrogen (secondary N) is 1. The normalized spacial score (nSPS) is 10.9. The lowest BCUT2D eigenvalue weighted by Crippen LogP contribution is -2.28. The number of hydrogen-bond acceptors (Lipinski definition) is 4. The molecule has 0 radical (unpaired) electrons. The van der Waals surface area contributed by atoms with Crippen molar-refractivity contribution in [2.24, 2.45) is 0 Å². The van der Waals surface area contributed by atoms with Gasteiger partial charge in [-0.15, -0.1) is 0 Å². The van der Waals surface area contributed by atoms with Crippen LogP contribution in [-0.2, 0) is 6.42 Å². The number of H-pyrrole nitrogens is 1. The Balaban J connectivity index is 1.36. The van der Waals surface area contributed by atoms with Crippen molar-refractivity contribution >= 4 is 17.5 Å². The number of carbonyl (C=O) groups is 1. The first-order chi connectivity index (χ1) is 14.6. The van der Waals surface area contributed by atoms with E-state index in [2.05, 4.69) is 15.4 Å². The van der Waals surface area contributed by atoms with Gasteiger partial charge in [-0.3, -0.25) is 9.89 Å². The number of nitrogens with zero attached hydrogens (tertiary/aromatic N) is 3. The molecule has 0 aliphatic carbocycles. The number of rotatable bonds is 7. The van der Waals surface area contributed by atoms with Crippen molar-refractivity contribution in [1.82, 2.24) is 20.3 Å². The average Bonchev–Trinajstić information content (AvgIpc) is 3.44. The molecule has 0 bridgehead atoms. The van der Waals surface area contributed by atoms with Gasteiger partial charge in [-0.25, -0.2) is 0 Å². The number of aromatic nitrogens is 3. The predicted octanol–water partition coefficient (Wildman–Crippen LogP) is 5.09. The molecular weight excluding hydrogens is 400 g/mol. The van der Waals surface area contributed by atoms with E-state index in [4.69, 9.17) is 16.1 Å². The lowest BCUT2D eigenvalue weighted by Gasteiger charge is -2.16. The summed E-state index contributed by atoms with van der Waals surface area (Å²) in [5.74, 6) is 0.719. The molecule has 0 atom stereocenters.